The molecule has 3 N–H and O–H groups in total. The maximum Gasteiger partial charge on any atom is 0.160 e. The normalized spacial score (nSPS) is 14.6. The van der Waals surface area contributed by atoms with Crippen molar-refractivity contribution in [3.8, 4) is 0 Å². The average Bonchev–Trinajstić information content (AvgIpc) is 2.79. The Labute approximate surface area is 202 Å². The molecule has 0 bridgehead atoms. The fourth-order valence-corrected chi connectivity index (χ4v) is 4.36. The monoisotopic (exact) mass is 535 g/mol. The highest BCUT2D eigenvalue weighted by molar-refractivity contribution is 9.10. The molecule has 176 valence electrons. The molecule has 0 spiro atoms. The summed E-state index contributed by atoms with van der Waals surface area (Å²) in [5.74, 6) is 0.113. The number of rotatable bonds is 7. The third kappa shape index (κ3) is 5.14. The van der Waals surface area contributed by atoms with Crippen molar-refractivity contribution in [3.05, 3.63) is 52.6 Å². The van der Waals surface area contributed by atoms with Gasteiger partial charge in [-0.25, -0.2) is 23.7 Å². The Morgan fingerprint density at radius 1 is 1.24 bits per heavy atom. The van der Waals surface area contributed by atoms with Crippen molar-refractivity contribution in [1.82, 2.24) is 20.3 Å². The highest BCUT2D eigenvalue weighted by Gasteiger charge is 2.34. The molecule has 1 aromatic carbocycles. The molecular weight excluding hydrogens is 509 g/mol. The van der Waals surface area contributed by atoms with Crippen LogP contribution in [0.3, 0.4) is 0 Å². The second-order valence-corrected chi connectivity index (χ2v) is 11.3. The van der Waals surface area contributed by atoms with Gasteiger partial charge in [-0.05, 0) is 67.4 Å². The Kier molecular flexibility index (Phi) is 7.32. The average molecular weight is 536 g/mol. The lowest BCUT2D eigenvalue weighted by atomic mass is 9.87. The molecule has 0 aliphatic heterocycles. The highest BCUT2D eigenvalue weighted by atomic mass is 79.9. The van der Waals surface area contributed by atoms with E-state index in [1.807, 2.05) is 19.9 Å². The molecule has 0 saturated heterocycles. The van der Waals surface area contributed by atoms with Gasteiger partial charge in [-0.15, -0.1) is 0 Å². The molecule has 0 aliphatic rings. The van der Waals surface area contributed by atoms with Crippen LogP contribution in [0, 0.1) is 11.2 Å². The number of pyridine rings is 1. The van der Waals surface area contributed by atoms with E-state index < -0.39 is 26.7 Å². The zero-order valence-corrected chi connectivity index (χ0v) is 21.6. The van der Waals surface area contributed by atoms with Gasteiger partial charge in [0.2, 0.25) is 0 Å². The van der Waals surface area contributed by atoms with E-state index in [1.54, 1.807) is 32.2 Å². The van der Waals surface area contributed by atoms with Gasteiger partial charge in [-0.2, -0.15) is 0 Å². The summed E-state index contributed by atoms with van der Waals surface area (Å²) in [5, 5.41) is 14.8. The van der Waals surface area contributed by atoms with Crippen molar-refractivity contribution in [3.63, 3.8) is 0 Å². The van der Waals surface area contributed by atoms with Crippen LogP contribution in [0.5, 0.6) is 0 Å². The molecule has 0 saturated carbocycles. The predicted molar refractivity (Wildman–Crippen MR) is 135 cm³/mol. The fourth-order valence-electron chi connectivity index (χ4n) is 3.29. The van der Waals surface area contributed by atoms with E-state index in [-0.39, 0.29) is 5.84 Å². The van der Waals surface area contributed by atoms with Crippen LogP contribution >= 0.6 is 15.9 Å². The summed E-state index contributed by atoms with van der Waals surface area (Å²) < 4.78 is 31.0. The molecule has 2 atom stereocenters. The molecule has 3 aromatic rings. The third-order valence-corrected chi connectivity index (χ3v) is 7.62. The van der Waals surface area contributed by atoms with Crippen molar-refractivity contribution in [2.24, 2.45) is 4.36 Å². The second-order valence-electron chi connectivity index (χ2n) is 8.28. The Balaban J connectivity index is 1.98. The predicted octanol–water partition coefficient (Wildman–Crippen LogP) is 4.94. The zero-order valence-electron chi connectivity index (χ0n) is 19.1. The van der Waals surface area contributed by atoms with Gasteiger partial charge >= 0.3 is 0 Å². The number of thiol groups is 1. The molecule has 1 unspecified atom stereocenters. The number of aromatic nitrogens is 3. The first-order chi connectivity index (χ1) is 15.5. The number of fused-ring (bicyclic) bond motifs is 1. The standard InChI is InChI=1S/C22H27BrFN7OS/c1-6-22(4,31-20(25)21(2,3)33(32)26-5)15-10-14(7-8-16(15)24)30-19-18-17(28-12-29-19)9-13(23)11-27-18/h7-12,33H,6H2,1-5H3,(H2,25,31)(H,28,29,30)/t22-/m0/s1. The number of nitrogens with zero attached hydrogens (tertiary/aromatic N) is 4. The van der Waals surface area contributed by atoms with Crippen LogP contribution in [-0.2, 0) is 16.1 Å². The van der Waals surface area contributed by atoms with Gasteiger partial charge in [0.05, 0.1) is 11.1 Å². The summed E-state index contributed by atoms with van der Waals surface area (Å²) in [5.41, 5.74) is 1.30. The molecule has 0 aliphatic carbocycles. The molecule has 0 radical (unpaired) electrons. The van der Waals surface area contributed by atoms with Crippen LogP contribution in [0.2, 0.25) is 0 Å². The maximum absolute atomic E-state index is 15.0. The molecule has 0 amide bonds. The van der Waals surface area contributed by atoms with E-state index in [9.17, 15) is 4.21 Å². The lowest BCUT2D eigenvalue weighted by Crippen LogP contribution is -2.51. The summed E-state index contributed by atoms with van der Waals surface area (Å²) in [6.45, 7) is 7.08. The van der Waals surface area contributed by atoms with Crippen molar-refractivity contribution in [2.75, 3.05) is 12.4 Å². The summed E-state index contributed by atoms with van der Waals surface area (Å²) in [6, 6.07) is 6.51. The van der Waals surface area contributed by atoms with Gasteiger partial charge in [0.15, 0.2) is 5.82 Å². The SMILES string of the molecule is CC[C@](C)(NC(=N)C(C)(C)/[SH](=O)=N\C)c1cc(Nc2ncnc3cc(Br)cnc23)ccc1F. The maximum atomic E-state index is 15.0. The van der Waals surface area contributed by atoms with Crippen LogP contribution in [-0.4, -0.2) is 36.8 Å². The number of halogens is 2. The lowest BCUT2D eigenvalue weighted by molar-refractivity contribution is 0.392. The van der Waals surface area contributed by atoms with Crippen LogP contribution in [0.25, 0.3) is 11.0 Å². The highest BCUT2D eigenvalue weighted by Crippen LogP contribution is 2.32. The summed E-state index contributed by atoms with van der Waals surface area (Å²) in [7, 11) is -0.533. The Morgan fingerprint density at radius 2 is 1.97 bits per heavy atom. The van der Waals surface area contributed by atoms with Crippen LogP contribution in [0.15, 0.2) is 45.6 Å². The second kappa shape index (κ2) is 9.68. The molecule has 2 heterocycles. The van der Waals surface area contributed by atoms with E-state index in [0.717, 1.165) is 4.47 Å². The fraction of sp³-hybridized carbons (Fsp3) is 0.364. The van der Waals surface area contributed by atoms with Crippen molar-refractivity contribution in [2.45, 2.75) is 44.4 Å². The number of benzene rings is 1. The van der Waals surface area contributed by atoms with Gasteiger partial charge in [-0.3, -0.25) is 9.62 Å². The summed E-state index contributed by atoms with van der Waals surface area (Å²) in [6.07, 6.45) is 3.58. The number of anilines is 2. The minimum absolute atomic E-state index is 0.0351. The Bertz CT molecular complexity index is 1290. The van der Waals surface area contributed by atoms with E-state index >= 15 is 4.39 Å². The number of hydrogen-bond donors (Lipinski definition) is 4. The largest absolute Gasteiger partial charge is 0.363 e. The molecule has 0 fully saturated rings. The van der Waals surface area contributed by atoms with E-state index in [1.165, 1.54) is 19.4 Å². The lowest BCUT2D eigenvalue weighted by Gasteiger charge is -2.35. The molecule has 2 aromatic heterocycles. The number of nitrogens with one attached hydrogen (secondary N) is 3. The smallest absolute Gasteiger partial charge is 0.160 e. The first kappa shape index (κ1) is 25.0. The van der Waals surface area contributed by atoms with Crippen LogP contribution in [0.1, 0.15) is 39.7 Å². The van der Waals surface area contributed by atoms with Crippen LogP contribution < -0.4 is 10.6 Å². The van der Waals surface area contributed by atoms with Gasteiger partial charge in [0.1, 0.15) is 28.2 Å². The third-order valence-electron chi connectivity index (χ3n) is 5.65. The van der Waals surface area contributed by atoms with Crippen molar-refractivity contribution < 1.29 is 8.60 Å². The molecule has 8 nitrogen and oxygen atoms in total. The van der Waals surface area contributed by atoms with Gasteiger partial charge in [0.25, 0.3) is 0 Å². The number of hydrogen-bond acceptors (Lipinski definition) is 7. The quantitative estimate of drug-likeness (QED) is 0.193. The first-order valence-corrected chi connectivity index (χ1v) is 12.3. The molecule has 3 rings (SSSR count). The van der Waals surface area contributed by atoms with Gasteiger partial charge in [0, 0.05) is 39.6 Å². The van der Waals surface area contributed by atoms with Crippen molar-refractivity contribution >= 4 is 54.9 Å². The molecule has 33 heavy (non-hydrogen) atoms. The topological polar surface area (TPSA) is 116 Å². The summed E-state index contributed by atoms with van der Waals surface area (Å²) >= 11 is 3.38. The Hall–Kier alpha value is -2.66. The first-order valence-electron chi connectivity index (χ1n) is 10.3. The van der Waals surface area contributed by atoms with E-state index in [2.05, 4.69) is 45.9 Å². The molecular formula is C22H27BrFN7OS. The van der Waals surface area contributed by atoms with E-state index in [4.69, 9.17) is 5.41 Å². The number of amidine groups is 1. The zero-order chi connectivity index (χ0) is 24.4. The molecule has 11 heteroatoms. The Morgan fingerprint density at radius 3 is 2.64 bits per heavy atom. The van der Waals surface area contributed by atoms with Gasteiger partial charge in [-0.1, -0.05) is 6.92 Å². The van der Waals surface area contributed by atoms with Crippen LogP contribution in [0.4, 0.5) is 15.9 Å². The van der Waals surface area contributed by atoms with Gasteiger partial charge < -0.3 is 10.6 Å². The summed E-state index contributed by atoms with van der Waals surface area (Å²) in [4.78, 5) is 12.9. The minimum atomic E-state index is -2.00. The minimum Gasteiger partial charge on any atom is -0.363 e. The van der Waals surface area contributed by atoms with E-state index in [0.29, 0.717) is 34.5 Å². The van der Waals surface area contributed by atoms with Crippen molar-refractivity contribution in [1.29, 1.82) is 5.41 Å².